The lowest BCUT2D eigenvalue weighted by Crippen LogP contribution is -2.46. The van der Waals surface area contributed by atoms with Crippen LogP contribution in [0.2, 0.25) is 0 Å². The van der Waals surface area contributed by atoms with Gasteiger partial charge in [-0.05, 0) is 49.6 Å². The number of carbonyl (C=O) groups excluding carboxylic acids is 2. The Balaban J connectivity index is 2.15. The zero-order valence-electron chi connectivity index (χ0n) is 18.8. The van der Waals surface area contributed by atoms with Gasteiger partial charge in [0.15, 0.2) is 0 Å². The van der Waals surface area contributed by atoms with Crippen LogP contribution in [0.4, 0.5) is 5.69 Å². The van der Waals surface area contributed by atoms with E-state index < -0.39 is 16.1 Å². The number of sulfonamides is 1. The molecule has 32 heavy (non-hydrogen) atoms. The van der Waals surface area contributed by atoms with Crippen LogP contribution >= 0.6 is 15.9 Å². The van der Waals surface area contributed by atoms with Gasteiger partial charge >= 0.3 is 0 Å². The van der Waals surface area contributed by atoms with Gasteiger partial charge in [-0.2, -0.15) is 0 Å². The van der Waals surface area contributed by atoms with Crippen molar-refractivity contribution in [2.45, 2.75) is 39.3 Å². The second-order valence-electron chi connectivity index (χ2n) is 7.67. The normalized spacial score (nSPS) is 12.2. The molecule has 0 unspecified atom stereocenters. The molecule has 0 saturated heterocycles. The molecule has 7 nitrogen and oxygen atoms in total. The van der Waals surface area contributed by atoms with Crippen molar-refractivity contribution in [2.75, 3.05) is 24.2 Å². The van der Waals surface area contributed by atoms with E-state index in [1.165, 1.54) is 16.3 Å². The topological polar surface area (TPSA) is 86.8 Å². The average Bonchev–Trinajstić information content (AvgIpc) is 2.74. The van der Waals surface area contributed by atoms with E-state index in [9.17, 15) is 18.0 Å². The molecule has 0 aliphatic carbocycles. The summed E-state index contributed by atoms with van der Waals surface area (Å²) >= 11 is 3.43. The highest BCUT2D eigenvalue weighted by molar-refractivity contribution is 9.10. The summed E-state index contributed by atoms with van der Waals surface area (Å²) in [7, 11) is -1.97. The molecule has 2 aromatic carbocycles. The van der Waals surface area contributed by atoms with Crippen LogP contribution in [0.15, 0.2) is 53.0 Å². The third-order valence-corrected chi connectivity index (χ3v) is 6.87. The first kappa shape index (κ1) is 25.9. The molecule has 0 bridgehead atoms. The van der Waals surface area contributed by atoms with E-state index >= 15 is 0 Å². The summed E-state index contributed by atoms with van der Waals surface area (Å²) in [6.45, 7) is 3.99. The van der Waals surface area contributed by atoms with Gasteiger partial charge in [0.2, 0.25) is 21.8 Å². The van der Waals surface area contributed by atoms with Crippen molar-refractivity contribution in [3.63, 3.8) is 0 Å². The number of likely N-dealkylation sites (N-methyl/N-ethyl adjacent to an activating group) is 1. The van der Waals surface area contributed by atoms with Crippen molar-refractivity contribution in [1.29, 1.82) is 0 Å². The smallest absolute Gasteiger partial charge is 0.242 e. The average molecular weight is 524 g/mol. The number of aryl methyl sites for hydroxylation is 1. The van der Waals surface area contributed by atoms with Crippen LogP contribution < -0.4 is 9.62 Å². The van der Waals surface area contributed by atoms with Crippen LogP contribution in [0, 0.1) is 6.92 Å². The van der Waals surface area contributed by atoms with Crippen LogP contribution in [-0.2, 0) is 26.2 Å². The summed E-state index contributed by atoms with van der Waals surface area (Å²) in [6, 6.07) is 14.1. The molecule has 1 N–H and O–H groups in total. The summed E-state index contributed by atoms with van der Waals surface area (Å²) < 4.78 is 27.0. The Morgan fingerprint density at radius 3 is 2.41 bits per heavy atom. The molecule has 0 spiro atoms. The lowest BCUT2D eigenvalue weighted by molar-refractivity contribution is -0.140. The van der Waals surface area contributed by atoms with Crippen molar-refractivity contribution >= 4 is 43.5 Å². The number of nitrogens with one attached hydrogen (secondary N) is 1. The fourth-order valence-corrected chi connectivity index (χ4v) is 4.92. The van der Waals surface area contributed by atoms with E-state index in [0.717, 1.165) is 21.9 Å². The zero-order chi connectivity index (χ0) is 23.9. The lowest BCUT2D eigenvalue weighted by Gasteiger charge is -2.29. The molecule has 174 valence electrons. The number of halogens is 1. The van der Waals surface area contributed by atoms with Crippen molar-refractivity contribution in [3.8, 4) is 0 Å². The molecular formula is C23H30BrN3O4S. The van der Waals surface area contributed by atoms with E-state index in [2.05, 4.69) is 21.2 Å². The first-order valence-electron chi connectivity index (χ1n) is 10.3. The molecule has 2 rings (SSSR count). The Kier molecular flexibility index (Phi) is 9.27. The van der Waals surface area contributed by atoms with Gasteiger partial charge in [-0.1, -0.05) is 46.3 Å². The number of anilines is 1. The standard InChI is InChI=1S/C23H30BrN3O4S/c1-17-9-5-6-12-21(17)27(32(4,30)31)14-8-13-22(28)26(18(2)23(29)25-3)16-19-10-7-11-20(24)15-19/h5-7,9-12,15,18H,8,13-14,16H2,1-4H3,(H,25,29)/t18-/m1/s1. The molecule has 9 heteroatoms. The molecule has 0 radical (unpaired) electrons. The molecule has 0 fully saturated rings. The second kappa shape index (κ2) is 11.5. The molecule has 2 amide bonds. The van der Waals surface area contributed by atoms with E-state index in [-0.39, 0.29) is 31.3 Å². The van der Waals surface area contributed by atoms with Crippen LogP contribution in [0.1, 0.15) is 30.9 Å². The highest BCUT2D eigenvalue weighted by Gasteiger charge is 2.26. The lowest BCUT2D eigenvalue weighted by atomic mass is 10.1. The molecule has 0 aliphatic heterocycles. The molecule has 1 atom stereocenters. The number of hydrogen-bond donors (Lipinski definition) is 1. The van der Waals surface area contributed by atoms with Crippen molar-refractivity contribution in [2.24, 2.45) is 0 Å². The Morgan fingerprint density at radius 1 is 1.12 bits per heavy atom. The van der Waals surface area contributed by atoms with Gasteiger partial charge in [0, 0.05) is 31.0 Å². The number of para-hydroxylation sites is 1. The summed E-state index contributed by atoms with van der Waals surface area (Å²) in [4.78, 5) is 26.9. The van der Waals surface area contributed by atoms with Crippen molar-refractivity contribution < 1.29 is 18.0 Å². The fourth-order valence-electron chi connectivity index (χ4n) is 3.45. The van der Waals surface area contributed by atoms with E-state index in [1.807, 2.05) is 43.3 Å². The number of amides is 2. The minimum absolute atomic E-state index is 0.118. The molecule has 2 aromatic rings. The first-order valence-corrected chi connectivity index (χ1v) is 13.0. The number of hydrogen-bond acceptors (Lipinski definition) is 4. The Morgan fingerprint density at radius 2 is 1.81 bits per heavy atom. The van der Waals surface area contributed by atoms with Crippen molar-refractivity contribution in [3.05, 3.63) is 64.1 Å². The van der Waals surface area contributed by atoms with E-state index in [4.69, 9.17) is 0 Å². The molecule has 0 saturated carbocycles. The maximum atomic E-state index is 13.1. The van der Waals surface area contributed by atoms with Crippen LogP contribution in [-0.4, -0.2) is 51.0 Å². The highest BCUT2D eigenvalue weighted by Crippen LogP contribution is 2.23. The predicted molar refractivity (Wildman–Crippen MR) is 131 cm³/mol. The molecule has 0 aliphatic rings. The number of carbonyl (C=O) groups is 2. The third kappa shape index (κ3) is 7.06. The zero-order valence-corrected chi connectivity index (χ0v) is 21.2. The molecule has 0 aromatic heterocycles. The quantitative estimate of drug-likeness (QED) is 0.516. The number of rotatable bonds is 10. The van der Waals surface area contributed by atoms with Gasteiger partial charge in [0.05, 0.1) is 11.9 Å². The summed E-state index contributed by atoms with van der Waals surface area (Å²) in [5, 5.41) is 2.59. The summed E-state index contributed by atoms with van der Waals surface area (Å²) in [5.74, 6) is -0.467. The van der Waals surface area contributed by atoms with Gasteiger partial charge in [0.25, 0.3) is 0 Å². The third-order valence-electron chi connectivity index (χ3n) is 5.19. The second-order valence-corrected chi connectivity index (χ2v) is 10.5. The van der Waals surface area contributed by atoms with E-state index in [0.29, 0.717) is 12.1 Å². The van der Waals surface area contributed by atoms with Gasteiger partial charge in [0.1, 0.15) is 6.04 Å². The number of benzene rings is 2. The number of nitrogens with zero attached hydrogens (tertiary/aromatic N) is 2. The SMILES string of the molecule is CNC(=O)[C@@H](C)N(Cc1cccc(Br)c1)C(=O)CCCN(c1ccccc1C)S(C)(=O)=O. The molecule has 0 heterocycles. The largest absolute Gasteiger partial charge is 0.357 e. The van der Waals surface area contributed by atoms with Gasteiger partial charge in [-0.3, -0.25) is 13.9 Å². The Hall–Kier alpha value is -2.39. The minimum Gasteiger partial charge on any atom is -0.357 e. The van der Waals surface area contributed by atoms with Gasteiger partial charge in [-0.15, -0.1) is 0 Å². The summed E-state index contributed by atoms with van der Waals surface area (Å²) in [5.41, 5.74) is 2.34. The fraction of sp³-hybridized carbons (Fsp3) is 0.391. The van der Waals surface area contributed by atoms with Crippen molar-refractivity contribution in [1.82, 2.24) is 10.2 Å². The van der Waals surface area contributed by atoms with Crippen LogP contribution in [0.25, 0.3) is 0 Å². The minimum atomic E-state index is -3.51. The van der Waals surface area contributed by atoms with Gasteiger partial charge < -0.3 is 10.2 Å². The molecular weight excluding hydrogens is 494 g/mol. The van der Waals surface area contributed by atoms with Crippen LogP contribution in [0.5, 0.6) is 0 Å². The maximum Gasteiger partial charge on any atom is 0.242 e. The highest BCUT2D eigenvalue weighted by atomic mass is 79.9. The Bertz CT molecular complexity index is 1060. The Labute approximate surface area is 199 Å². The predicted octanol–water partition coefficient (Wildman–Crippen LogP) is 3.47. The van der Waals surface area contributed by atoms with E-state index in [1.54, 1.807) is 19.1 Å². The monoisotopic (exact) mass is 523 g/mol. The first-order chi connectivity index (χ1) is 15.0. The van der Waals surface area contributed by atoms with Crippen LogP contribution in [0.3, 0.4) is 0 Å². The maximum absolute atomic E-state index is 13.1. The van der Waals surface area contributed by atoms with Gasteiger partial charge in [-0.25, -0.2) is 8.42 Å². The summed E-state index contributed by atoms with van der Waals surface area (Å²) in [6.07, 6.45) is 1.61.